The number of amides is 1. The molecule has 1 aliphatic heterocycles. The molecule has 0 atom stereocenters. The van der Waals surface area contributed by atoms with E-state index in [1.54, 1.807) is 4.90 Å². The number of aromatic nitrogens is 3. The van der Waals surface area contributed by atoms with E-state index >= 15 is 0 Å². The number of nitrogens with one attached hydrogen (secondary N) is 2. The number of pyridine rings is 1. The van der Waals surface area contributed by atoms with E-state index in [-0.39, 0.29) is 5.91 Å². The predicted molar refractivity (Wildman–Crippen MR) is 132 cm³/mol. The second kappa shape index (κ2) is 7.90. The average molecular weight is 436 g/mol. The normalized spacial score (nSPS) is 15.1. The standard InChI is InChI=1S/C27H25N5O/c1-31-9-10-32(17-26(31)33)16-18-3-2-4-19(11-18)22-13-23-24(15-30-27(23)29-14-22)20-5-6-25-21(12-20)7-8-28-25/h2-8,11-15,28H,9-10,16-17H2,1H3,(H,29,30). The van der Waals surface area contributed by atoms with Gasteiger partial charge in [0.15, 0.2) is 0 Å². The Morgan fingerprint density at radius 1 is 0.970 bits per heavy atom. The zero-order chi connectivity index (χ0) is 22.4. The van der Waals surface area contributed by atoms with Crippen LogP contribution >= 0.6 is 0 Å². The highest BCUT2D eigenvalue weighted by atomic mass is 16.2. The van der Waals surface area contributed by atoms with Crippen molar-refractivity contribution in [2.24, 2.45) is 0 Å². The van der Waals surface area contributed by atoms with Crippen LogP contribution in [0.5, 0.6) is 0 Å². The van der Waals surface area contributed by atoms with Crippen molar-refractivity contribution >= 4 is 27.8 Å². The van der Waals surface area contributed by atoms with Crippen molar-refractivity contribution in [3.63, 3.8) is 0 Å². The maximum absolute atomic E-state index is 12.1. The van der Waals surface area contributed by atoms with E-state index in [4.69, 9.17) is 4.98 Å². The number of fused-ring (bicyclic) bond motifs is 2. The van der Waals surface area contributed by atoms with Gasteiger partial charge in [0.05, 0.1) is 6.54 Å². The van der Waals surface area contributed by atoms with Crippen molar-refractivity contribution in [3.8, 4) is 22.3 Å². The van der Waals surface area contributed by atoms with Gasteiger partial charge in [-0.25, -0.2) is 4.98 Å². The van der Waals surface area contributed by atoms with Crippen LogP contribution in [0.3, 0.4) is 0 Å². The summed E-state index contributed by atoms with van der Waals surface area (Å²) >= 11 is 0. The first-order valence-electron chi connectivity index (χ1n) is 11.2. The van der Waals surface area contributed by atoms with Gasteiger partial charge < -0.3 is 14.9 Å². The minimum absolute atomic E-state index is 0.185. The monoisotopic (exact) mass is 435 g/mol. The highest BCUT2D eigenvalue weighted by Gasteiger charge is 2.21. The molecule has 33 heavy (non-hydrogen) atoms. The van der Waals surface area contributed by atoms with Crippen LogP contribution in [-0.4, -0.2) is 57.3 Å². The molecule has 0 spiro atoms. The van der Waals surface area contributed by atoms with Crippen LogP contribution in [0.25, 0.3) is 44.2 Å². The minimum Gasteiger partial charge on any atom is -0.361 e. The molecule has 0 saturated carbocycles. The topological polar surface area (TPSA) is 68.0 Å². The molecule has 1 amide bonds. The fourth-order valence-electron chi connectivity index (χ4n) is 4.67. The average Bonchev–Trinajstić information content (AvgIpc) is 3.47. The molecule has 6 nitrogen and oxygen atoms in total. The number of aromatic amines is 2. The lowest BCUT2D eigenvalue weighted by Gasteiger charge is -2.31. The lowest BCUT2D eigenvalue weighted by Crippen LogP contribution is -2.47. The summed E-state index contributed by atoms with van der Waals surface area (Å²) in [4.78, 5) is 27.3. The largest absolute Gasteiger partial charge is 0.361 e. The Kier molecular flexibility index (Phi) is 4.73. The molecule has 2 N–H and O–H groups in total. The van der Waals surface area contributed by atoms with Crippen LogP contribution in [0.4, 0.5) is 0 Å². The molecule has 2 aromatic carbocycles. The second-order valence-corrected chi connectivity index (χ2v) is 8.83. The molecule has 0 radical (unpaired) electrons. The first-order chi connectivity index (χ1) is 16.1. The van der Waals surface area contributed by atoms with Crippen LogP contribution in [-0.2, 0) is 11.3 Å². The summed E-state index contributed by atoms with van der Waals surface area (Å²) in [6.45, 7) is 2.93. The van der Waals surface area contributed by atoms with Crippen molar-refractivity contribution in [2.45, 2.75) is 6.54 Å². The fraction of sp³-hybridized carbons (Fsp3) is 0.185. The van der Waals surface area contributed by atoms with Crippen LogP contribution in [0.2, 0.25) is 0 Å². The van der Waals surface area contributed by atoms with E-state index in [2.05, 4.69) is 69.5 Å². The van der Waals surface area contributed by atoms with E-state index in [1.807, 2.05) is 25.6 Å². The van der Waals surface area contributed by atoms with E-state index in [9.17, 15) is 4.79 Å². The molecular weight excluding hydrogens is 410 g/mol. The number of rotatable bonds is 4. The molecule has 0 bridgehead atoms. The molecule has 0 unspecified atom stereocenters. The third kappa shape index (κ3) is 3.68. The van der Waals surface area contributed by atoms with Gasteiger partial charge in [0.2, 0.25) is 5.91 Å². The highest BCUT2D eigenvalue weighted by molar-refractivity contribution is 5.98. The molecular formula is C27H25N5O. The van der Waals surface area contributed by atoms with Gasteiger partial charge >= 0.3 is 0 Å². The number of benzene rings is 2. The molecule has 6 heteroatoms. The van der Waals surface area contributed by atoms with Gasteiger partial charge in [-0.3, -0.25) is 9.69 Å². The van der Waals surface area contributed by atoms with Gasteiger partial charge in [-0.2, -0.15) is 0 Å². The lowest BCUT2D eigenvalue weighted by molar-refractivity contribution is -0.134. The smallest absolute Gasteiger partial charge is 0.236 e. The van der Waals surface area contributed by atoms with Gasteiger partial charge in [-0.15, -0.1) is 0 Å². The molecule has 6 rings (SSSR count). The molecule has 1 aliphatic rings. The Bertz CT molecular complexity index is 1480. The number of hydrogen-bond acceptors (Lipinski definition) is 3. The van der Waals surface area contributed by atoms with Crippen molar-refractivity contribution in [3.05, 3.63) is 78.8 Å². The highest BCUT2D eigenvalue weighted by Crippen LogP contribution is 2.32. The number of carbonyl (C=O) groups excluding carboxylic acids is 1. The third-order valence-electron chi connectivity index (χ3n) is 6.60. The fourth-order valence-corrected chi connectivity index (χ4v) is 4.67. The number of nitrogens with zero attached hydrogens (tertiary/aromatic N) is 3. The van der Waals surface area contributed by atoms with Crippen LogP contribution < -0.4 is 0 Å². The Morgan fingerprint density at radius 3 is 2.82 bits per heavy atom. The van der Waals surface area contributed by atoms with Gasteiger partial charge in [0, 0.05) is 67.3 Å². The first kappa shape index (κ1) is 19.8. The first-order valence-corrected chi connectivity index (χ1v) is 11.2. The number of H-pyrrole nitrogens is 2. The Labute approximate surface area is 191 Å². The molecule has 1 fully saturated rings. The maximum atomic E-state index is 12.1. The van der Waals surface area contributed by atoms with Crippen molar-refractivity contribution in [1.82, 2.24) is 24.8 Å². The lowest BCUT2D eigenvalue weighted by atomic mass is 10.0. The summed E-state index contributed by atoms with van der Waals surface area (Å²) < 4.78 is 0. The SMILES string of the molecule is CN1CCN(Cc2cccc(-c3cnc4[nH]cc(-c5ccc6[nH]ccc6c5)c4c3)c2)CC1=O. The Balaban J connectivity index is 1.32. The predicted octanol–water partition coefficient (Wildman–Crippen LogP) is 4.65. The molecule has 1 saturated heterocycles. The third-order valence-corrected chi connectivity index (χ3v) is 6.60. The number of hydrogen-bond donors (Lipinski definition) is 2. The van der Waals surface area contributed by atoms with E-state index in [0.29, 0.717) is 6.54 Å². The van der Waals surface area contributed by atoms with Crippen LogP contribution in [0.15, 0.2) is 73.2 Å². The molecule has 3 aromatic heterocycles. The molecule has 4 heterocycles. The summed E-state index contributed by atoms with van der Waals surface area (Å²) in [6, 6.07) is 19.3. The zero-order valence-corrected chi connectivity index (χ0v) is 18.5. The van der Waals surface area contributed by atoms with Crippen molar-refractivity contribution in [1.29, 1.82) is 0 Å². The zero-order valence-electron chi connectivity index (χ0n) is 18.5. The van der Waals surface area contributed by atoms with Crippen LogP contribution in [0, 0.1) is 0 Å². The summed E-state index contributed by atoms with van der Waals surface area (Å²) in [5.74, 6) is 0.185. The van der Waals surface area contributed by atoms with Crippen molar-refractivity contribution in [2.75, 3.05) is 26.7 Å². The van der Waals surface area contributed by atoms with Gasteiger partial charge in [0.1, 0.15) is 5.65 Å². The number of likely N-dealkylation sites (N-methyl/N-ethyl adjacent to an activating group) is 1. The van der Waals surface area contributed by atoms with Gasteiger partial charge in [-0.1, -0.05) is 24.3 Å². The van der Waals surface area contributed by atoms with E-state index in [0.717, 1.165) is 52.9 Å². The summed E-state index contributed by atoms with van der Waals surface area (Å²) in [5.41, 5.74) is 7.76. The van der Waals surface area contributed by atoms with E-state index in [1.165, 1.54) is 16.5 Å². The maximum Gasteiger partial charge on any atom is 0.236 e. The van der Waals surface area contributed by atoms with E-state index < -0.39 is 0 Å². The summed E-state index contributed by atoms with van der Waals surface area (Å²) in [7, 11) is 1.87. The minimum atomic E-state index is 0.185. The Morgan fingerprint density at radius 2 is 1.91 bits per heavy atom. The quantitative estimate of drug-likeness (QED) is 0.432. The van der Waals surface area contributed by atoms with Gasteiger partial charge in [0.25, 0.3) is 0 Å². The summed E-state index contributed by atoms with van der Waals surface area (Å²) in [6.07, 6.45) is 5.93. The molecule has 0 aliphatic carbocycles. The molecule has 164 valence electrons. The summed E-state index contributed by atoms with van der Waals surface area (Å²) in [5, 5.41) is 2.30. The number of piperazine rings is 1. The van der Waals surface area contributed by atoms with Crippen molar-refractivity contribution < 1.29 is 4.79 Å². The molecule has 5 aromatic rings. The number of carbonyl (C=O) groups is 1. The Hall–Kier alpha value is -3.90. The van der Waals surface area contributed by atoms with Gasteiger partial charge in [-0.05, 0) is 52.4 Å². The van der Waals surface area contributed by atoms with Crippen LogP contribution in [0.1, 0.15) is 5.56 Å². The second-order valence-electron chi connectivity index (χ2n) is 8.83.